The topological polar surface area (TPSA) is 42.0 Å². The fourth-order valence-corrected chi connectivity index (χ4v) is 1.39. The quantitative estimate of drug-likeness (QED) is 0.753. The number of carbonyl (C=O) groups is 1. The molecule has 0 atom stereocenters. The molecule has 1 rings (SSSR count). The van der Waals surface area contributed by atoms with E-state index >= 15 is 0 Å². The maximum Gasteiger partial charge on any atom is 0.164 e. The minimum absolute atomic E-state index is 0.155. The van der Waals surface area contributed by atoms with Gasteiger partial charge in [0.15, 0.2) is 5.78 Å². The molecule has 0 spiro atoms. The van der Waals surface area contributed by atoms with Gasteiger partial charge in [0.1, 0.15) is 5.82 Å². The number of aromatic nitrogens is 1. The van der Waals surface area contributed by atoms with Gasteiger partial charge >= 0.3 is 0 Å². The van der Waals surface area contributed by atoms with Gasteiger partial charge in [-0.2, -0.15) is 0 Å². The Bertz CT molecular complexity index is 347. The van der Waals surface area contributed by atoms with Crippen LogP contribution in [0.25, 0.3) is 0 Å². The second-order valence-electron chi connectivity index (χ2n) is 3.59. The minimum atomic E-state index is 0.155. The number of pyridine rings is 1. The Morgan fingerprint density at radius 1 is 1.47 bits per heavy atom. The summed E-state index contributed by atoms with van der Waals surface area (Å²) in [5.41, 5.74) is 1.73. The van der Waals surface area contributed by atoms with Gasteiger partial charge in [0.05, 0.1) is 0 Å². The number of hydrogen-bond donors (Lipinski definition) is 1. The van der Waals surface area contributed by atoms with Crippen molar-refractivity contribution < 1.29 is 4.79 Å². The lowest BCUT2D eigenvalue weighted by atomic mass is 10.1. The summed E-state index contributed by atoms with van der Waals surface area (Å²) in [4.78, 5) is 15.7. The number of Topliss-reactive ketones (excluding diaryl/α,β-unsaturated/α-hetero) is 1. The summed E-state index contributed by atoms with van der Waals surface area (Å²) in [6.07, 6.45) is 3.26. The van der Waals surface area contributed by atoms with Crippen molar-refractivity contribution in [2.75, 3.05) is 11.9 Å². The summed E-state index contributed by atoms with van der Waals surface area (Å²) in [5.74, 6) is 1.00. The highest BCUT2D eigenvalue weighted by Crippen LogP contribution is 2.13. The second kappa shape index (κ2) is 5.49. The zero-order valence-corrected chi connectivity index (χ0v) is 9.63. The molecule has 15 heavy (non-hydrogen) atoms. The molecule has 0 unspecified atom stereocenters. The van der Waals surface area contributed by atoms with Gasteiger partial charge in [-0.05, 0) is 25.0 Å². The third-order valence-corrected chi connectivity index (χ3v) is 2.29. The highest BCUT2D eigenvalue weighted by atomic mass is 16.1. The molecule has 3 heteroatoms. The summed E-state index contributed by atoms with van der Waals surface area (Å²) < 4.78 is 0. The van der Waals surface area contributed by atoms with Crippen molar-refractivity contribution in [3.8, 4) is 0 Å². The van der Waals surface area contributed by atoms with E-state index in [0.717, 1.165) is 29.9 Å². The molecule has 1 aromatic heterocycles. The van der Waals surface area contributed by atoms with E-state index in [2.05, 4.69) is 17.2 Å². The first kappa shape index (κ1) is 11.7. The molecule has 0 bridgehead atoms. The summed E-state index contributed by atoms with van der Waals surface area (Å²) in [5, 5.41) is 3.20. The van der Waals surface area contributed by atoms with Crippen molar-refractivity contribution >= 4 is 11.6 Å². The van der Waals surface area contributed by atoms with Gasteiger partial charge in [-0.15, -0.1) is 0 Å². The smallest absolute Gasteiger partial charge is 0.164 e. The van der Waals surface area contributed by atoms with Gasteiger partial charge < -0.3 is 5.32 Å². The third-order valence-electron chi connectivity index (χ3n) is 2.29. The van der Waals surface area contributed by atoms with E-state index in [-0.39, 0.29) is 5.78 Å². The summed E-state index contributed by atoms with van der Waals surface area (Å²) in [6, 6.07) is 1.93. The lowest BCUT2D eigenvalue weighted by Crippen LogP contribution is -2.05. The van der Waals surface area contributed by atoms with Crippen molar-refractivity contribution in [2.45, 2.75) is 33.6 Å². The van der Waals surface area contributed by atoms with Crippen LogP contribution in [-0.4, -0.2) is 17.3 Å². The van der Waals surface area contributed by atoms with E-state index in [4.69, 9.17) is 0 Å². The van der Waals surface area contributed by atoms with Crippen LogP contribution < -0.4 is 5.32 Å². The molecular weight excluding hydrogens is 188 g/mol. The number of carbonyl (C=O) groups excluding carboxylic acids is 1. The number of nitrogens with one attached hydrogen (secondary N) is 1. The molecule has 0 aliphatic heterocycles. The fourth-order valence-electron chi connectivity index (χ4n) is 1.39. The highest BCUT2D eigenvalue weighted by molar-refractivity contribution is 5.97. The first-order valence-corrected chi connectivity index (χ1v) is 5.42. The fraction of sp³-hybridized carbons (Fsp3) is 0.500. The van der Waals surface area contributed by atoms with Crippen LogP contribution in [0.5, 0.6) is 0 Å². The molecule has 0 aliphatic rings. The first-order valence-electron chi connectivity index (χ1n) is 5.42. The van der Waals surface area contributed by atoms with Crippen LogP contribution in [0.15, 0.2) is 12.3 Å². The van der Waals surface area contributed by atoms with Gasteiger partial charge in [-0.25, -0.2) is 4.98 Å². The van der Waals surface area contributed by atoms with E-state index in [9.17, 15) is 4.79 Å². The molecule has 0 aliphatic carbocycles. The third kappa shape index (κ3) is 3.05. The van der Waals surface area contributed by atoms with Crippen LogP contribution >= 0.6 is 0 Å². The molecule has 0 saturated heterocycles. The normalized spacial score (nSPS) is 10.1. The van der Waals surface area contributed by atoms with Crippen molar-refractivity contribution in [1.29, 1.82) is 0 Å². The van der Waals surface area contributed by atoms with Crippen LogP contribution in [-0.2, 0) is 0 Å². The molecule has 82 valence electrons. The predicted octanol–water partition coefficient (Wildman–Crippen LogP) is 2.80. The Balaban J connectivity index is 2.83. The van der Waals surface area contributed by atoms with Crippen molar-refractivity contribution in [3.63, 3.8) is 0 Å². The van der Waals surface area contributed by atoms with E-state index in [0.29, 0.717) is 6.42 Å². The Kier molecular flexibility index (Phi) is 4.28. The van der Waals surface area contributed by atoms with Crippen molar-refractivity contribution in [2.24, 2.45) is 0 Å². The summed E-state index contributed by atoms with van der Waals surface area (Å²) >= 11 is 0. The Morgan fingerprint density at radius 2 is 2.20 bits per heavy atom. The van der Waals surface area contributed by atoms with E-state index < -0.39 is 0 Å². The van der Waals surface area contributed by atoms with Gasteiger partial charge in [0.25, 0.3) is 0 Å². The largest absolute Gasteiger partial charge is 0.370 e. The van der Waals surface area contributed by atoms with Crippen LogP contribution in [0.3, 0.4) is 0 Å². The van der Waals surface area contributed by atoms with Crippen LogP contribution in [0.4, 0.5) is 5.82 Å². The zero-order chi connectivity index (χ0) is 11.3. The summed E-state index contributed by atoms with van der Waals surface area (Å²) in [6.45, 7) is 6.83. The molecule has 1 heterocycles. The molecule has 1 N–H and O–H groups in total. The SMILES string of the molecule is CCCNc1cc(C)c(C(=O)CC)cn1. The average Bonchev–Trinajstić information content (AvgIpc) is 2.25. The van der Waals surface area contributed by atoms with Gasteiger partial charge in [0, 0.05) is 24.7 Å². The number of nitrogens with zero attached hydrogens (tertiary/aromatic N) is 1. The number of aryl methyl sites for hydroxylation is 1. The Hall–Kier alpha value is -1.38. The van der Waals surface area contributed by atoms with E-state index in [1.165, 1.54) is 0 Å². The Morgan fingerprint density at radius 3 is 2.73 bits per heavy atom. The number of rotatable bonds is 5. The molecule has 0 fully saturated rings. The minimum Gasteiger partial charge on any atom is -0.370 e. The average molecular weight is 206 g/mol. The molecule has 0 saturated carbocycles. The number of ketones is 1. The molecular formula is C12H18N2O. The highest BCUT2D eigenvalue weighted by Gasteiger charge is 2.07. The predicted molar refractivity (Wildman–Crippen MR) is 62.4 cm³/mol. The lowest BCUT2D eigenvalue weighted by molar-refractivity contribution is 0.0987. The van der Waals surface area contributed by atoms with Crippen molar-refractivity contribution in [1.82, 2.24) is 4.98 Å². The summed E-state index contributed by atoms with van der Waals surface area (Å²) in [7, 11) is 0. The number of anilines is 1. The van der Waals surface area contributed by atoms with Crippen LogP contribution in [0.2, 0.25) is 0 Å². The van der Waals surface area contributed by atoms with Crippen LogP contribution in [0, 0.1) is 6.92 Å². The second-order valence-corrected chi connectivity index (χ2v) is 3.59. The number of hydrogen-bond acceptors (Lipinski definition) is 3. The molecule has 0 amide bonds. The van der Waals surface area contributed by atoms with E-state index in [1.807, 2.05) is 19.9 Å². The van der Waals surface area contributed by atoms with Gasteiger partial charge in [0.2, 0.25) is 0 Å². The van der Waals surface area contributed by atoms with Crippen molar-refractivity contribution in [3.05, 3.63) is 23.4 Å². The zero-order valence-electron chi connectivity index (χ0n) is 9.63. The van der Waals surface area contributed by atoms with E-state index in [1.54, 1.807) is 6.20 Å². The van der Waals surface area contributed by atoms with Crippen LogP contribution in [0.1, 0.15) is 42.6 Å². The molecule has 1 aromatic rings. The van der Waals surface area contributed by atoms with Gasteiger partial charge in [-0.1, -0.05) is 13.8 Å². The molecule has 0 aromatic carbocycles. The Labute approximate surface area is 90.9 Å². The maximum absolute atomic E-state index is 11.5. The molecule has 0 radical (unpaired) electrons. The monoisotopic (exact) mass is 206 g/mol. The first-order chi connectivity index (χ1) is 7.19. The standard InChI is InChI=1S/C12H18N2O/c1-4-6-13-12-7-9(3)10(8-14-12)11(15)5-2/h7-8H,4-6H2,1-3H3,(H,13,14). The maximum atomic E-state index is 11.5. The lowest BCUT2D eigenvalue weighted by Gasteiger charge is -2.07. The van der Waals surface area contributed by atoms with Gasteiger partial charge in [-0.3, -0.25) is 4.79 Å². The molecule has 3 nitrogen and oxygen atoms in total.